The number of benzene rings is 4. The highest BCUT2D eigenvalue weighted by Crippen LogP contribution is 2.44. The number of hydrogen-bond donors (Lipinski definition) is 2. The van der Waals surface area contributed by atoms with E-state index in [4.69, 9.17) is 4.74 Å². The van der Waals surface area contributed by atoms with Crippen LogP contribution in [0.25, 0.3) is 22.3 Å². The minimum absolute atomic E-state index is 0.0928. The Hall–Kier alpha value is -4.38. The van der Waals surface area contributed by atoms with Crippen molar-refractivity contribution in [3.05, 3.63) is 120 Å². The van der Waals surface area contributed by atoms with E-state index >= 15 is 0 Å². The van der Waals surface area contributed by atoms with Gasteiger partial charge in [0.15, 0.2) is 0 Å². The molecule has 0 saturated carbocycles. The second-order valence-electron chi connectivity index (χ2n) is 9.33. The molecule has 1 atom stereocenters. The Morgan fingerprint density at radius 2 is 1.31 bits per heavy atom. The van der Waals surface area contributed by atoms with Gasteiger partial charge in [-0.3, -0.25) is 0 Å². The third-order valence-electron chi connectivity index (χ3n) is 6.81. The molecular weight excluding hydrogens is 450 g/mol. The van der Waals surface area contributed by atoms with Gasteiger partial charge in [-0.2, -0.15) is 0 Å². The summed E-state index contributed by atoms with van der Waals surface area (Å²) in [5, 5.41) is 12.5. The van der Waals surface area contributed by atoms with Gasteiger partial charge in [-0.25, -0.2) is 9.59 Å². The maximum Gasteiger partial charge on any atom is 0.408 e. The quantitative estimate of drug-likeness (QED) is 0.329. The van der Waals surface area contributed by atoms with Crippen molar-refractivity contribution in [3.63, 3.8) is 0 Å². The molecule has 0 saturated heterocycles. The molecule has 4 aromatic rings. The van der Waals surface area contributed by atoms with Crippen LogP contribution in [0.3, 0.4) is 0 Å². The van der Waals surface area contributed by atoms with Crippen LogP contribution in [0.1, 0.15) is 29.5 Å². The summed E-state index contributed by atoms with van der Waals surface area (Å²) in [6.07, 6.45) is -0.621. The topological polar surface area (TPSA) is 75.6 Å². The number of ether oxygens (including phenoxy) is 1. The number of nitrogens with one attached hydrogen (secondary N) is 1. The third-order valence-corrected chi connectivity index (χ3v) is 6.81. The zero-order valence-corrected chi connectivity index (χ0v) is 20.0. The van der Waals surface area contributed by atoms with Gasteiger partial charge in [0, 0.05) is 12.3 Å². The van der Waals surface area contributed by atoms with E-state index < -0.39 is 17.6 Å². The van der Waals surface area contributed by atoms with E-state index in [0.29, 0.717) is 0 Å². The summed E-state index contributed by atoms with van der Waals surface area (Å²) in [5.41, 5.74) is 5.89. The molecule has 0 aliphatic heterocycles. The molecule has 180 valence electrons. The Labute approximate surface area is 210 Å². The van der Waals surface area contributed by atoms with E-state index in [1.807, 2.05) is 91.0 Å². The van der Waals surface area contributed by atoms with Crippen LogP contribution < -0.4 is 5.32 Å². The zero-order chi connectivity index (χ0) is 25.1. The predicted molar refractivity (Wildman–Crippen MR) is 140 cm³/mol. The Morgan fingerprint density at radius 1 is 0.778 bits per heavy atom. The van der Waals surface area contributed by atoms with Crippen molar-refractivity contribution in [2.45, 2.75) is 24.8 Å². The van der Waals surface area contributed by atoms with Gasteiger partial charge in [-0.1, -0.05) is 103 Å². The average Bonchev–Trinajstić information content (AvgIpc) is 3.22. The third kappa shape index (κ3) is 4.60. The van der Waals surface area contributed by atoms with Crippen LogP contribution in [0.15, 0.2) is 103 Å². The van der Waals surface area contributed by atoms with Crippen molar-refractivity contribution in [1.29, 1.82) is 0 Å². The number of alkyl carbamates (subject to hydrolysis) is 1. The van der Waals surface area contributed by atoms with E-state index in [1.165, 1.54) is 6.92 Å². The molecule has 0 radical (unpaired) electrons. The van der Waals surface area contributed by atoms with E-state index in [9.17, 15) is 14.7 Å². The molecule has 0 spiro atoms. The van der Waals surface area contributed by atoms with Crippen LogP contribution in [-0.2, 0) is 16.0 Å². The fourth-order valence-electron chi connectivity index (χ4n) is 4.89. The minimum Gasteiger partial charge on any atom is -0.480 e. The van der Waals surface area contributed by atoms with Crippen LogP contribution in [0, 0.1) is 0 Å². The Morgan fingerprint density at radius 3 is 1.89 bits per heavy atom. The van der Waals surface area contributed by atoms with Crippen molar-refractivity contribution in [2.24, 2.45) is 0 Å². The van der Waals surface area contributed by atoms with Crippen molar-refractivity contribution in [1.82, 2.24) is 5.32 Å². The Balaban J connectivity index is 1.27. The normalized spacial score (nSPS) is 13.8. The predicted octanol–water partition coefficient (Wildman–Crippen LogP) is 6.28. The van der Waals surface area contributed by atoms with Crippen LogP contribution >= 0.6 is 0 Å². The van der Waals surface area contributed by atoms with Gasteiger partial charge in [0.1, 0.15) is 12.1 Å². The molecule has 0 aromatic heterocycles. The molecule has 0 fully saturated rings. The smallest absolute Gasteiger partial charge is 0.408 e. The molecule has 5 rings (SSSR count). The van der Waals surface area contributed by atoms with Crippen molar-refractivity contribution >= 4 is 12.1 Å². The van der Waals surface area contributed by atoms with Gasteiger partial charge in [0.05, 0.1) is 0 Å². The molecule has 4 aromatic carbocycles. The van der Waals surface area contributed by atoms with Gasteiger partial charge in [-0.05, 0) is 45.9 Å². The first-order valence-electron chi connectivity index (χ1n) is 12.0. The van der Waals surface area contributed by atoms with Crippen LogP contribution in [-0.4, -0.2) is 29.3 Å². The fraction of sp³-hybridized carbons (Fsp3) is 0.161. The number of rotatable bonds is 7. The van der Waals surface area contributed by atoms with Gasteiger partial charge >= 0.3 is 12.1 Å². The lowest BCUT2D eigenvalue weighted by molar-refractivity contribution is -0.143. The summed E-state index contributed by atoms with van der Waals surface area (Å²) >= 11 is 0. The molecule has 2 N–H and O–H groups in total. The molecule has 36 heavy (non-hydrogen) atoms. The number of carboxylic acid groups (broad SMARTS) is 1. The molecule has 0 heterocycles. The summed E-state index contributed by atoms with van der Waals surface area (Å²) in [7, 11) is 0. The van der Waals surface area contributed by atoms with Gasteiger partial charge in [0.2, 0.25) is 0 Å². The van der Waals surface area contributed by atoms with Crippen molar-refractivity contribution in [2.75, 3.05) is 6.61 Å². The molecule has 5 nitrogen and oxygen atoms in total. The van der Waals surface area contributed by atoms with E-state index in [0.717, 1.165) is 38.9 Å². The summed E-state index contributed by atoms with van der Waals surface area (Å²) in [5.74, 6) is -1.21. The highest BCUT2D eigenvalue weighted by atomic mass is 16.5. The Bertz CT molecular complexity index is 1350. The summed E-state index contributed by atoms with van der Waals surface area (Å²) in [4.78, 5) is 24.9. The lowest BCUT2D eigenvalue weighted by Crippen LogP contribution is -2.54. The summed E-state index contributed by atoms with van der Waals surface area (Å²) in [6.45, 7) is 1.63. The first-order chi connectivity index (χ1) is 17.4. The molecule has 0 unspecified atom stereocenters. The second kappa shape index (κ2) is 9.70. The molecule has 1 amide bonds. The van der Waals surface area contributed by atoms with E-state index in [2.05, 4.69) is 17.4 Å². The number of fused-ring (bicyclic) bond motifs is 3. The van der Waals surface area contributed by atoms with Crippen molar-refractivity contribution < 1.29 is 19.4 Å². The second-order valence-corrected chi connectivity index (χ2v) is 9.33. The first-order valence-corrected chi connectivity index (χ1v) is 12.0. The SMILES string of the molecule is C[C@@](Cc1ccc(-c2ccccc2)cc1)(NC(=O)OCC1c2ccccc2-c2ccccc21)C(=O)O. The first kappa shape index (κ1) is 23.4. The van der Waals surface area contributed by atoms with E-state index in [1.54, 1.807) is 0 Å². The van der Waals surface area contributed by atoms with Gasteiger partial charge < -0.3 is 15.2 Å². The van der Waals surface area contributed by atoms with E-state index in [-0.39, 0.29) is 18.9 Å². The number of carbonyl (C=O) groups excluding carboxylic acids is 1. The average molecular weight is 478 g/mol. The number of carbonyl (C=O) groups is 2. The Kier molecular flexibility index (Phi) is 6.30. The highest BCUT2D eigenvalue weighted by molar-refractivity contribution is 5.84. The van der Waals surface area contributed by atoms with Crippen LogP contribution in [0.4, 0.5) is 4.79 Å². The monoisotopic (exact) mass is 477 g/mol. The van der Waals surface area contributed by atoms with Crippen LogP contribution in [0.5, 0.6) is 0 Å². The molecular formula is C31H27NO4. The molecule has 1 aliphatic carbocycles. The maximum absolute atomic E-state index is 12.8. The summed E-state index contributed by atoms with van der Waals surface area (Å²) < 4.78 is 5.59. The minimum atomic E-state index is -1.52. The summed E-state index contributed by atoms with van der Waals surface area (Å²) in [6, 6.07) is 33.8. The number of amides is 1. The zero-order valence-electron chi connectivity index (χ0n) is 20.0. The standard InChI is InChI=1S/C31H27NO4/c1-31(29(33)34,19-21-15-17-23(18-16-21)22-9-3-2-4-10-22)32-30(35)36-20-28-26-13-7-5-11-24(26)25-12-6-8-14-27(25)28/h2-18,28H,19-20H2,1H3,(H,32,35)(H,33,34)/t31-/m0/s1. The van der Waals surface area contributed by atoms with Gasteiger partial charge in [-0.15, -0.1) is 0 Å². The number of carboxylic acids is 1. The maximum atomic E-state index is 12.8. The largest absolute Gasteiger partial charge is 0.480 e. The van der Waals surface area contributed by atoms with Gasteiger partial charge in [0.25, 0.3) is 0 Å². The molecule has 1 aliphatic rings. The highest BCUT2D eigenvalue weighted by Gasteiger charge is 2.36. The lowest BCUT2D eigenvalue weighted by Gasteiger charge is -2.26. The number of aliphatic carboxylic acids is 1. The molecule has 0 bridgehead atoms. The van der Waals surface area contributed by atoms with Crippen molar-refractivity contribution in [3.8, 4) is 22.3 Å². The van der Waals surface area contributed by atoms with Crippen LogP contribution in [0.2, 0.25) is 0 Å². The molecule has 5 heteroatoms. The fourth-order valence-corrected chi connectivity index (χ4v) is 4.89. The lowest BCUT2D eigenvalue weighted by atomic mass is 9.92. The number of hydrogen-bond acceptors (Lipinski definition) is 3.